The number of aryl methyl sites for hydroxylation is 1. The van der Waals surface area contributed by atoms with Crippen LogP contribution in [0.25, 0.3) is 10.2 Å². The van der Waals surface area contributed by atoms with E-state index in [1.54, 1.807) is 13.8 Å². The number of carboxylic acid groups (broad SMARTS) is 2. The smallest absolute Gasteiger partial charge is 0.346 e. The molecule has 0 saturated heterocycles. The van der Waals surface area contributed by atoms with E-state index in [0.29, 0.717) is 16.2 Å². The van der Waals surface area contributed by atoms with Gasteiger partial charge >= 0.3 is 11.9 Å². The van der Waals surface area contributed by atoms with Crippen LogP contribution in [0.1, 0.15) is 60.2 Å². The minimum atomic E-state index is -1.12. The molecular formula is C15H18N2O5S. The fourth-order valence-electron chi connectivity index (χ4n) is 2.59. The summed E-state index contributed by atoms with van der Waals surface area (Å²) in [6.45, 7) is 6.86. The zero-order valence-corrected chi connectivity index (χ0v) is 14.1. The highest BCUT2D eigenvalue weighted by Gasteiger charge is 2.27. The first kappa shape index (κ1) is 17.1. The number of nitrogens with zero attached hydrogens (tertiary/aromatic N) is 2. The number of hydrogen-bond donors (Lipinski definition) is 2. The van der Waals surface area contributed by atoms with E-state index in [1.807, 2.05) is 13.8 Å². The van der Waals surface area contributed by atoms with E-state index in [9.17, 15) is 24.6 Å². The van der Waals surface area contributed by atoms with Crippen LogP contribution in [-0.2, 0) is 4.79 Å². The highest BCUT2D eigenvalue weighted by Crippen LogP contribution is 2.29. The van der Waals surface area contributed by atoms with E-state index in [4.69, 9.17) is 0 Å². The van der Waals surface area contributed by atoms with Crippen LogP contribution in [0.2, 0.25) is 0 Å². The molecule has 0 aromatic carbocycles. The van der Waals surface area contributed by atoms with Crippen molar-refractivity contribution in [1.29, 1.82) is 0 Å². The van der Waals surface area contributed by atoms with Crippen molar-refractivity contribution in [3.05, 3.63) is 26.6 Å². The average molecular weight is 338 g/mol. The van der Waals surface area contributed by atoms with Crippen molar-refractivity contribution in [3.8, 4) is 0 Å². The molecule has 124 valence electrons. The van der Waals surface area contributed by atoms with E-state index in [2.05, 4.69) is 4.98 Å². The predicted molar refractivity (Wildman–Crippen MR) is 86.6 cm³/mol. The Balaban J connectivity index is 2.95. The van der Waals surface area contributed by atoms with Gasteiger partial charge in [-0.15, -0.1) is 11.3 Å². The quantitative estimate of drug-likeness (QED) is 0.867. The van der Waals surface area contributed by atoms with Gasteiger partial charge in [-0.3, -0.25) is 9.36 Å². The maximum Gasteiger partial charge on any atom is 0.346 e. The highest BCUT2D eigenvalue weighted by atomic mass is 32.1. The summed E-state index contributed by atoms with van der Waals surface area (Å²) in [6, 6.07) is -1.02. The van der Waals surface area contributed by atoms with Crippen molar-refractivity contribution >= 4 is 33.5 Å². The lowest BCUT2D eigenvalue weighted by atomic mass is 10.1. The molecule has 0 fully saturated rings. The summed E-state index contributed by atoms with van der Waals surface area (Å²) >= 11 is 0.943. The van der Waals surface area contributed by atoms with E-state index in [-0.39, 0.29) is 22.6 Å². The largest absolute Gasteiger partial charge is 0.480 e. The lowest BCUT2D eigenvalue weighted by Gasteiger charge is -2.20. The molecule has 0 radical (unpaired) electrons. The van der Waals surface area contributed by atoms with Crippen LogP contribution in [0.15, 0.2) is 4.79 Å². The number of aliphatic carboxylic acids is 1. The van der Waals surface area contributed by atoms with Crippen molar-refractivity contribution in [2.24, 2.45) is 0 Å². The van der Waals surface area contributed by atoms with Crippen LogP contribution < -0.4 is 5.56 Å². The topological polar surface area (TPSA) is 109 Å². The summed E-state index contributed by atoms with van der Waals surface area (Å²) in [6.07, 6.45) is 0.233. The molecule has 0 saturated carbocycles. The fourth-order valence-corrected chi connectivity index (χ4v) is 3.61. The monoisotopic (exact) mass is 338 g/mol. The third-order valence-corrected chi connectivity index (χ3v) is 4.89. The van der Waals surface area contributed by atoms with Crippen molar-refractivity contribution < 1.29 is 19.8 Å². The van der Waals surface area contributed by atoms with Crippen LogP contribution in [0, 0.1) is 6.92 Å². The van der Waals surface area contributed by atoms with Gasteiger partial charge in [-0.05, 0) is 18.9 Å². The second-order valence-corrected chi connectivity index (χ2v) is 6.60. The third kappa shape index (κ3) is 2.74. The Labute approximate surface area is 136 Å². The molecule has 0 aliphatic heterocycles. The average Bonchev–Trinajstić information content (AvgIpc) is 2.78. The first-order chi connectivity index (χ1) is 10.7. The summed E-state index contributed by atoms with van der Waals surface area (Å²) in [7, 11) is 0. The molecule has 2 heterocycles. The molecule has 2 aromatic heterocycles. The molecular weight excluding hydrogens is 320 g/mol. The van der Waals surface area contributed by atoms with Gasteiger partial charge in [0.1, 0.15) is 21.6 Å². The summed E-state index contributed by atoms with van der Waals surface area (Å²) in [5, 5.41) is 18.8. The predicted octanol–water partition coefficient (Wildman–Crippen LogP) is 2.62. The summed E-state index contributed by atoms with van der Waals surface area (Å²) < 4.78 is 1.20. The van der Waals surface area contributed by atoms with Gasteiger partial charge in [-0.25, -0.2) is 14.6 Å². The number of aromatic nitrogens is 2. The number of aromatic carboxylic acids is 1. The van der Waals surface area contributed by atoms with Crippen molar-refractivity contribution in [2.45, 2.75) is 46.1 Å². The van der Waals surface area contributed by atoms with Crippen molar-refractivity contribution in [1.82, 2.24) is 9.55 Å². The van der Waals surface area contributed by atoms with E-state index < -0.39 is 23.5 Å². The molecule has 0 bridgehead atoms. The molecule has 1 unspecified atom stereocenters. The van der Waals surface area contributed by atoms with Gasteiger partial charge in [-0.1, -0.05) is 20.8 Å². The van der Waals surface area contributed by atoms with Crippen molar-refractivity contribution in [2.75, 3.05) is 0 Å². The number of fused-ring (bicyclic) bond motifs is 1. The van der Waals surface area contributed by atoms with Gasteiger partial charge in [0, 0.05) is 5.92 Å². The third-order valence-electron chi connectivity index (χ3n) is 3.72. The Morgan fingerprint density at radius 3 is 2.35 bits per heavy atom. The minimum absolute atomic E-state index is 0.0560. The van der Waals surface area contributed by atoms with Crippen LogP contribution in [0.3, 0.4) is 0 Å². The number of hydrogen-bond acceptors (Lipinski definition) is 5. The zero-order valence-electron chi connectivity index (χ0n) is 13.3. The second-order valence-electron chi connectivity index (χ2n) is 5.60. The van der Waals surface area contributed by atoms with Gasteiger partial charge < -0.3 is 10.2 Å². The molecule has 0 aliphatic rings. The number of thiophene rings is 1. The summed E-state index contributed by atoms with van der Waals surface area (Å²) in [5.41, 5.74) is -0.159. The van der Waals surface area contributed by atoms with Crippen molar-refractivity contribution in [3.63, 3.8) is 0 Å². The minimum Gasteiger partial charge on any atom is -0.480 e. The molecule has 23 heavy (non-hydrogen) atoms. The van der Waals surface area contributed by atoms with Crippen LogP contribution in [0.4, 0.5) is 0 Å². The normalized spacial score (nSPS) is 12.7. The Hall–Kier alpha value is -2.22. The van der Waals surface area contributed by atoms with Gasteiger partial charge in [0.25, 0.3) is 5.56 Å². The fraction of sp³-hybridized carbons (Fsp3) is 0.467. The molecule has 0 spiro atoms. The molecule has 2 N–H and O–H groups in total. The maximum atomic E-state index is 12.9. The van der Waals surface area contributed by atoms with E-state index in [1.165, 1.54) is 4.57 Å². The number of rotatable bonds is 5. The Bertz CT molecular complexity index is 850. The standard InChI is InChI=1S/C15H18N2O5S/c1-5-8(14(19)20)17-11(6(2)3)16-12-9(13(17)18)7(4)10(23-12)15(21)22/h6,8H,5H2,1-4H3,(H,19,20)(H,21,22). The molecule has 0 aliphatic carbocycles. The number of carboxylic acids is 2. The Morgan fingerprint density at radius 2 is 1.91 bits per heavy atom. The maximum absolute atomic E-state index is 12.9. The van der Waals surface area contributed by atoms with Crippen LogP contribution in [-0.4, -0.2) is 31.7 Å². The molecule has 2 aromatic rings. The molecule has 1 atom stereocenters. The highest BCUT2D eigenvalue weighted by molar-refractivity contribution is 7.20. The Kier molecular flexibility index (Phi) is 4.56. The van der Waals surface area contributed by atoms with Gasteiger partial charge in [0.2, 0.25) is 0 Å². The first-order valence-electron chi connectivity index (χ1n) is 7.22. The lowest BCUT2D eigenvalue weighted by molar-refractivity contribution is -0.141. The van der Waals surface area contributed by atoms with E-state index >= 15 is 0 Å². The van der Waals surface area contributed by atoms with Gasteiger partial charge in [0.05, 0.1) is 5.39 Å². The Morgan fingerprint density at radius 1 is 1.30 bits per heavy atom. The van der Waals surface area contributed by atoms with Crippen LogP contribution in [0.5, 0.6) is 0 Å². The van der Waals surface area contributed by atoms with Crippen LogP contribution >= 0.6 is 11.3 Å². The van der Waals surface area contributed by atoms with Gasteiger partial charge in [-0.2, -0.15) is 0 Å². The molecule has 0 amide bonds. The van der Waals surface area contributed by atoms with Gasteiger partial charge in [0.15, 0.2) is 0 Å². The summed E-state index contributed by atoms with van der Waals surface area (Å²) in [4.78, 5) is 40.5. The molecule has 8 heteroatoms. The summed E-state index contributed by atoms with van der Waals surface area (Å²) in [5.74, 6) is -2.04. The zero-order chi connectivity index (χ0) is 17.5. The van der Waals surface area contributed by atoms with E-state index in [0.717, 1.165) is 11.3 Å². The number of carbonyl (C=O) groups is 2. The molecule has 7 nitrogen and oxygen atoms in total. The molecule has 2 rings (SSSR count). The SMILES string of the molecule is CCC(C(=O)O)n1c(C(C)C)nc2sc(C(=O)O)c(C)c2c1=O. The lowest BCUT2D eigenvalue weighted by Crippen LogP contribution is -2.33. The first-order valence-corrected chi connectivity index (χ1v) is 8.03. The second kappa shape index (κ2) is 6.11.